The minimum absolute atomic E-state index is 0.366. The number of aliphatic hydroxyl groups excluding tert-OH is 9. The smallest absolute Gasteiger partial charge is 0.187 e. The van der Waals surface area contributed by atoms with Crippen LogP contribution in [0.25, 0.3) is 0 Å². The van der Waals surface area contributed by atoms with Crippen molar-refractivity contribution in [3.8, 4) is 0 Å². The van der Waals surface area contributed by atoms with Gasteiger partial charge < -0.3 is 79.1 Å². The Bertz CT molecular complexity index is 752. The van der Waals surface area contributed by atoms with E-state index in [2.05, 4.69) is 0 Å². The summed E-state index contributed by atoms with van der Waals surface area (Å²) < 4.78 is 38.9. The van der Waals surface area contributed by atoms with Crippen LogP contribution in [0, 0.1) is 0 Å². The van der Waals surface area contributed by atoms with E-state index in [9.17, 15) is 46.0 Å². The molecule has 0 aliphatic carbocycles. The highest BCUT2D eigenvalue weighted by Crippen LogP contribution is 2.33. The van der Waals surface area contributed by atoms with E-state index in [0.717, 1.165) is 0 Å². The maximum Gasteiger partial charge on any atom is 0.187 e. The Balaban J connectivity index is 1.71. The predicted molar refractivity (Wildman–Crippen MR) is 129 cm³/mol. The summed E-state index contributed by atoms with van der Waals surface area (Å²) in [6.07, 6.45) is -23.3. The van der Waals surface area contributed by atoms with E-state index < -0.39 is 112 Å². The van der Waals surface area contributed by atoms with Crippen molar-refractivity contribution >= 4 is 0 Å². The standard InChI is InChI=1S/C24H44O16/c1-8(2)34-19-10(5-25)37-23(17(32)13(19)28)40-21-12(7-27)38-24(18(33)15(21)30)39-20-11(6-26)36-22(35-9(3)4)16(31)14(20)29/h8-33H,5-7H2,1-4H3/t10?,11?,12?,13-,14-,15-,16?,17?,18?,19+,20+,21+,22-,23+,24+/m0/s1. The molecule has 6 unspecified atom stereocenters. The lowest BCUT2D eigenvalue weighted by Crippen LogP contribution is -2.67. The second kappa shape index (κ2) is 14.7. The highest BCUT2D eigenvalue weighted by molar-refractivity contribution is 4.96. The summed E-state index contributed by atoms with van der Waals surface area (Å²) in [6, 6.07) is 0. The molecule has 236 valence electrons. The molecular formula is C24H44O16. The van der Waals surface area contributed by atoms with Crippen LogP contribution in [0.4, 0.5) is 0 Å². The molecule has 0 bridgehead atoms. The first-order valence-corrected chi connectivity index (χ1v) is 13.3. The zero-order valence-corrected chi connectivity index (χ0v) is 22.8. The van der Waals surface area contributed by atoms with Gasteiger partial charge in [0.25, 0.3) is 0 Å². The van der Waals surface area contributed by atoms with E-state index >= 15 is 0 Å². The number of hydrogen-bond donors (Lipinski definition) is 9. The van der Waals surface area contributed by atoms with E-state index in [4.69, 9.17) is 33.2 Å². The van der Waals surface area contributed by atoms with Gasteiger partial charge in [0.15, 0.2) is 18.9 Å². The van der Waals surface area contributed by atoms with Gasteiger partial charge in [0.1, 0.15) is 73.2 Å². The minimum atomic E-state index is -1.86. The molecule has 0 aromatic carbocycles. The molecule has 0 aromatic heterocycles. The van der Waals surface area contributed by atoms with Crippen LogP contribution in [0.15, 0.2) is 0 Å². The Morgan fingerprint density at radius 2 is 0.800 bits per heavy atom. The van der Waals surface area contributed by atoms with Gasteiger partial charge in [0.2, 0.25) is 0 Å². The third kappa shape index (κ3) is 7.46. The van der Waals surface area contributed by atoms with Crippen molar-refractivity contribution in [3.05, 3.63) is 0 Å². The number of aliphatic hydroxyl groups is 9. The van der Waals surface area contributed by atoms with Crippen molar-refractivity contribution in [1.82, 2.24) is 0 Å². The number of ether oxygens (including phenoxy) is 7. The van der Waals surface area contributed by atoms with E-state index in [1.54, 1.807) is 27.7 Å². The Hall–Kier alpha value is -0.640. The van der Waals surface area contributed by atoms with Gasteiger partial charge >= 0.3 is 0 Å². The molecule has 0 aromatic rings. The molecule has 16 heteroatoms. The third-order valence-electron chi connectivity index (χ3n) is 6.88. The summed E-state index contributed by atoms with van der Waals surface area (Å²) in [4.78, 5) is 0. The van der Waals surface area contributed by atoms with Gasteiger partial charge in [0, 0.05) is 0 Å². The van der Waals surface area contributed by atoms with Crippen LogP contribution >= 0.6 is 0 Å². The molecule has 9 N–H and O–H groups in total. The van der Waals surface area contributed by atoms with E-state index in [1.165, 1.54) is 0 Å². The van der Waals surface area contributed by atoms with Gasteiger partial charge in [-0.15, -0.1) is 0 Å². The van der Waals surface area contributed by atoms with Gasteiger partial charge in [-0.3, -0.25) is 0 Å². The molecule has 3 aliphatic rings. The van der Waals surface area contributed by atoms with Crippen LogP contribution in [0.5, 0.6) is 0 Å². The summed E-state index contributed by atoms with van der Waals surface area (Å²) in [5, 5.41) is 93.4. The summed E-state index contributed by atoms with van der Waals surface area (Å²) in [5.74, 6) is 0. The maximum atomic E-state index is 10.9. The van der Waals surface area contributed by atoms with Crippen LogP contribution in [0.2, 0.25) is 0 Å². The fraction of sp³-hybridized carbons (Fsp3) is 1.00. The van der Waals surface area contributed by atoms with E-state index in [-0.39, 0.29) is 12.2 Å². The molecule has 3 fully saturated rings. The van der Waals surface area contributed by atoms with E-state index in [1.807, 2.05) is 0 Å². The zero-order valence-electron chi connectivity index (χ0n) is 22.8. The van der Waals surface area contributed by atoms with Crippen molar-refractivity contribution in [2.75, 3.05) is 19.8 Å². The summed E-state index contributed by atoms with van der Waals surface area (Å²) in [7, 11) is 0. The molecule has 0 radical (unpaired) electrons. The molecule has 0 saturated carbocycles. The average Bonchev–Trinajstić information content (AvgIpc) is 2.91. The van der Waals surface area contributed by atoms with Crippen LogP contribution in [-0.2, 0) is 33.2 Å². The van der Waals surface area contributed by atoms with Crippen molar-refractivity contribution in [1.29, 1.82) is 0 Å². The topological polar surface area (TPSA) is 247 Å². The number of hydrogen-bond acceptors (Lipinski definition) is 16. The first-order valence-electron chi connectivity index (χ1n) is 13.3. The van der Waals surface area contributed by atoms with Crippen LogP contribution in [-0.4, -0.2) is 170 Å². The molecule has 0 amide bonds. The highest BCUT2D eigenvalue weighted by atomic mass is 16.8. The minimum Gasteiger partial charge on any atom is -0.394 e. The number of rotatable bonds is 11. The maximum absolute atomic E-state index is 10.9. The molecule has 40 heavy (non-hydrogen) atoms. The molecule has 15 atom stereocenters. The first-order chi connectivity index (χ1) is 18.8. The molecule has 3 heterocycles. The monoisotopic (exact) mass is 588 g/mol. The van der Waals surface area contributed by atoms with Gasteiger partial charge in [-0.1, -0.05) is 0 Å². The van der Waals surface area contributed by atoms with E-state index in [0.29, 0.717) is 0 Å². The lowest BCUT2D eigenvalue weighted by Gasteiger charge is -2.48. The van der Waals surface area contributed by atoms with Gasteiger partial charge in [-0.05, 0) is 27.7 Å². The molecule has 16 nitrogen and oxygen atoms in total. The summed E-state index contributed by atoms with van der Waals surface area (Å²) in [6.45, 7) is 4.70. The van der Waals surface area contributed by atoms with Crippen molar-refractivity contribution < 1.29 is 79.1 Å². The average molecular weight is 589 g/mol. The molecule has 3 aliphatic heterocycles. The normalized spacial score (nSPS) is 46.7. The van der Waals surface area contributed by atoms with Crippen molar-refractivity contribution in [3.63, 3.8) is 0 Å². The Kier molecular flexibility index (Phi) is 12.4. The van der Waals surface area contributed by atoms with Crippen LogP contribution in [0.1, 0.15) is 27.7 Å². The van der Waals surface area contributed by atoms with Gasteiger partial charge in [-0.2, -0.15) is 0 Å². The third-order valence-corrected chi connectivity index (χ3v) is 6.88. The fourth-order valence-corrected chi connectivity index (χ4v) is 4.89. The van der Waals surface area contributed by atoms with Crippen LogP contribution in [0.3, 0.4) is 0 Å². The van der Waals surface area contributed by atoms with Crippen LogP contribution < -0.4 is 0 Å². The quantitative estimate of drug-likeness (QED) is 0.110. The lowest BCUT2D eigenvalue weighted by atomic mass is 9.96. The second-order valence-electron chi connectivity index (χ2n) is 10.7. The summed E-state index contributed by atoms with van der Waals surface area (Å²) in [5.41, 5.74) is 0. The Morgan fingerprint density at radius 3 is 1.18 bits per heavy atom. The second-order valence-corrected chi connectivity index (χ2v) is 10.7. The predicted octanol–water partition coefficient (Wildman–Crippen LogP) is -4.71. The largest absolute Gasteiger partial charge is 0.394 e. The van der Waals surface area contributed by atoms with Crippen molar-refractivity contribution in [2.24, 2.45) is 0 Å². The summed E-state index contributed by atoms with van der Waals surface area (Å²) >= 11 is 0. The van der Waals surface area contributed by atoms with Gasteiger partial charge in [0.05, 0.1) is 32.0 Å². The molecular weight excluding hydrogens is 544 g/mol. The Labute approximate surface area is 231 Å². The van der Waals surface area contributed by atoms with Crippen molar-refractivity contribution in [2.45, 2.75) is 132 Å². The SMILES string of the molecule is CC(C)O[C@H]1OC(CO)[C@@H](O[C@H]2OC(CO)[C@@H](O[C@H]3OC(CO)[C@@H](OC(C)C)[C@@H](O)C3O)[C@@H](O)C2O)[C@@H](O)C1O. The Morgan fingerprint density at radius 1 is 0.475 bits per heavy atom. The molecule has 3 rings (SSSR count). The zero-order chi connectivity index (χ0) is 29.9. The first kappa shape index (κ1) is 33.9. The highest BCUT2D eigenvalue weighted by Gasteiger charge is 2.54. The fourth-order valence-electron chi connectivity index (χ4n) is 4.89. The van der Waals surface area contributed by atoms with Gasteiger partial charge in [-0.25, -0.2) is 0 Å². The molecule has 0 spiro atoms. The molecule has 3 saturated heterocycles. The lowest BCUT2D eigenvalue weighted by molar-refractivity contribution is -0.381.